The molecule has 3 aromatic heterocycles. The average molecular weight is 619 g/mol. The first-order valence-electron chi connectivity index (χ1n) is 13.8. The van der Waals surface area contributed by atoms with E-state index in [0.29, 0.717) is 40.1 Å². The number of carbonyl (C=O) groups is 1. The fourth-order valence-electron chi connectivity index (χ4n) is 4.56. The van der Waals surface area contributed by atoms with Gasteiger partial charge in [-0.05, 0) is 69.4 Å². The molecule has 12 nitrogen and oxygen atoms in total. The van der Waals surface area contributed by atoms with Crippen molar-refractivity contribution >= 4 is 30.5 Å². The first-order chi connectivity index (χ1) is 21.0. The number of pyridine rings is 2. The van der Waals surface area contributed by atoms with Gasteiger partial charge in [-0.15, -0.1) is 0 Å². The first kappa shape index (κ1) is 32.5. The van der Waals surface area contributed by atoms with Crippen molar-refractivity contribution in [2.24, 2.45) is 0 Å². The fourth-order valence-corrected chi connectivity index (χ4v) is 5.43. The molecule has 13 heteroatoms. The zero-order valence-electron chi connectivity index (χ0n) is 25.5. The van der Waals surface area contributed by atoms with E-state index in [1.54, 1.807) is 75.4 Å². The van der Waals surface area contributed by atoms with Crippen LogP contribution >= 0.6 is 7.82 Å². The Morgan fingerprint density at radius 2 is 1.93 bits per heavy atom. The van der Waals surface area contributed by atoms with Crippen LogP contribution in [-0.4, -0.2) is 71.6 Å². The van der Waals surface area contributed by atoms with Gasteiger partial charge in [0, 0.05) is 66.5 Å². The highest BCUT2D eigenvalue weighted by Gasteiger charge is 2.27. The smallest absolute Gasteiger partial charge is 0.474 e. The summed E-state index contributed by atoms with van der Waals surface area (Å²) in [5.41, 5.74) is 4.21. The van der Waals surface area contributed by atoms with Gasteiger partial charge in [-0.1, -0.05) is 6.08 Å². The number of amides is 1. The van der Waals surface area contributed by atoms with E-state index >= 15 is 0 Å². The monoisotopic (exact) mass is 618 g/mol. The summed E-state index contributed by atoms with van der Waals surface area (Å²) < 4.78 is 29.9. The van der Waals surface area contributed by atoms with Crippen LogP contribution in [0.2, 0.25) is 0 Å². The van der Waals surface area contributed by atoms with Gasteiger partial charge in [-0.3, -0.25) is 13.8 Å². The molecular weight excluding hydrogens is 583 g/mol. The fraction of sp³-hybridized carbons (Fsp3) is 0.290. The average Bonchev–Trinajstić information content (AvgIpc) is 3.39. The third-order valence-electron chi connectivity index (χ3n) is 6.73. The molecule has 0 aliphatic carbocycles. The molecule has 0 bridgehead atoms. The maximum absolute atomic E-state index is 12.9. The van der Waals surface area contributed by atoms with Crippen LogP contribution in [0.15, 0.2) is 67.1 Å². The number of hydrogen-bond acceptors (Lipinski definition) is 9. The van der Waals surface area contributed by atoms with Crippen LogP contribution < -0.4 is 9.64 Å². The summed E-state index contributed by atoms with van der Waals surface area (Å²) in [4.78, 5) is 35.3. The maximum atomic E-state index is 12.9. The number of fused-ring (bicyclic) bond motifs is 1. The summed E-state index contributed by atoms with van der Waals surface area (Å²) in [5.74, 6) is 0.365. The zero-order valence-corrected chi connectivity index (χ0v) is 26.4. The standard InChI is InChI=1S/C31H35N6O6P/c1-7-42-44(39,40)43-21(2)37-20-29(22-10-11-33-25(13-22)18-32)28-16-24(19-34-31(28)37)23-14-26(17-27(15-23)41-6)36(5)30(38)9-8-12-35(3)4/h8-11,13-17,19-21H,7,12H2,1-6H3,(H,39,40)/b9-8+. The van der Waals surface area contributed by atoms with E-state index in [2.05, 4.69) is 11.1 Å². The third kappa shape index (κ3) is 7.58. The summed E-state index contributed by atoms with van der Waals surface area (Å²) in [7, 11) is 2.78. The van der Waals surface area contributed by atoms with Crippen molar-refractivity contribution in [1.29, 1.82) is 5.26 Å². The number of benzene rings is 1. The first-order valence-corrected chi connectivity index (χ1v) is 15.3. The number of ether oxygens (including phenoxy) is 1. The maximum Gasteiger partial charge on any atom is 0.474 e. The predicted molar refractivity (Wildman–Crippen MR) is 168 cm³/mol. The minimum Gasteiger partial charge on any atom is -0.497 e. The molecule has 44 heavy (non-hydrogen) atoms. The van der Waals surface area contributed by atoms with E-state index in [9.17, 15) is 19.5 Å². The normalized spacial score (nSPS) is 13.6. The summed E-state index contributed by atoms with van der Waals surface area (Å²) in [6, 6.07) is 12.9. The molecule has 0 radical (unpaired) electrons. The van der Waals surface area contributed by atoms with Gasteiger partial charge in [0.2, 0.25) is 5.91 Å². The molecule has 4 rings (SSSR count). The summed E-state index contributed by atoms with van der Waals surface area (Å²) in [6.07, 6.45) is 7.37. The quantitative estimate of drug-likeness (QED) is 0.162. The Morgan fingerprint density at radius 1 is 1.16 bits per heavy atom. The molecule has 4 aromatic rings. The van der Waals surface area contributed by atoms with E-state index in [4.69, 9.17) is 18.8 Å². The van der Waals surface area contributed by atoms with Crippen LogP contribution in [-0.2, 0) is 18.4 Å². The van der Waals surface area contributed by atoms with Gasteiger partial charge in [-0.25, -0.2) is 14.5 Å². The van der Waals surface area contributed by atoms with Crippen LogP contribution in [0.5, 0.6) is 5.75 Å². The molecule has 0 saturated heterocycles. The number of likely N-dealkylation sites (N-methyl/N-ethyl adjacent to an activating group) is 2. The van der Waals surface area contributed by atoms with Crippen molar-refractivity contribution in [1.82, 2.24) is 19.4 Å². The number of nitriles is 1. The van der Waals surface area contributed by atoms with Crippen molar-refractivity contribution in [3.8, 4) is 34.1 Å². The molecule has 0 fully saturated rings. The number of phosphoric acid groups is 1. The summed E-state index contributed by atoms with van der Waals surface area (Å²) in [6.45, 7) is 3.85. The van der Waals surface area contributed by atoms with Gasteiger partial charge >= 0.3 is 7.82 Å². The Hall–Kier alpha value is -4.37. The number of anilines is 1. The lowest BCUT2D eigenvalue weighted by molar-refractivity contribution is -0.113. The number of rotatable bonds is 12. The topological polar surface area (TPSA) is 143 Å². The van der Waals surface area contributed by atoms with Crippen LogP contribution in [0.1, 0.15) is 25.8 Å². The Kier molecular flexibility index (Phi) is 10.3. The third-order valence-corrected chi connectivity index (χ3v) is 7.89. The second-order valence-electron chi connectivity index (χ2n) is 10.2. The number of carbonyl (C=O) groups excluding carboxylic acids is 1. The second kappa shape index (κ2) is 13.9. The van der Waals surface area contributed by atoms with E-state index < -0.39 is 14.1 Å². The molecule has 0 aliphatic heterocycles. The van der Waals surface area contributed by atoms with Gasteiger partial charge in [0.15, 0.2) is 0 Å². The van der Waals surface area contributed by atoms with Crippen molar-refractivity contribution in [3.05, 3.63) is 72.8 Å². The van der Waals surface area contributed by atoms with Crippen molar-refractivity contribution in [3.63, 3.8) is 0 Å². The van der Waals surface area contributed by atoms with Crippen molar-refractivity contribution < 1.29 is 28.0 Å². The molecule has 3 heterocycles. The molecule has 0 spiro atoms. The highest BCUT2D eigenvalue weighted by Crippen LogP contribution is 2.47. The Bertz CT molecular complexity index is 1780. The van der Waals surface area contributed by atoms with Crippen LogP contribution in [0, 0.1) is 11.3 Å². The van der Waals surface area contributed by atoms with Gasteiger partial charge in [0.05, 0.1) is 13.7 Å². The lowest BCUT2D eigenvalue weighted by Gasteiger charge is -2.19. The minimum atomic E-state index is -4.32. The Balaban J connectivity index is 1.83. The number of hydrogen-bond donors (Lipinski definition) is 1. The highest BCUT2D eigenvalue weighted by molar-refractivity contribution is 7.47. The van der Waals surface area contributed by atoms with Crippen LogP contribution in [0.3, 0.4) is 0 Å². The van der Waals surface area contributed by atoms with Crippen LogP contribution in [0.25, 0.3) is 33.3 Å². The SMILES string of the molecule is CCOP(=O)(O)OC(C)n1cc(-c2ccnc(C#N)c2)c2cc(-c3cc(OC)cc(N(C)C(=O)/C=C/CN(C)C)c3)cnc21. The van der Waals surface area contributed by atoms with Gasteiger partial charge in [0.25, 0.3) is 0 Å². The molecule has 1 amide bonds. The van der Waals surface area contributed by atoms with Crippen molar-refractivity contribution in [2.75, 3.05) is 46.3 Å². The lowest BCUT2D eigenvalue weighted by atomic mass is 10.0. The molecule has 0 aliphatic rings. The number of methoxy groups -OCH3 is 1. The molecule has 2 unspecified atom stereocenters. The molecule has 230 valence electrons. The Morgan fingerprint density at radius 3 is 2.61 bits per heavy atom. The van der Waals surface area contributed by atoms with E-state index in [1.165, 1.54) is 11.0 Å². The Labute approximate surface area is 256 Å². The second-order valence-corrected chi connectivity index (χ2v) is 11.6. The number of aromatic nitrogens is 3. The van der Waals surface area contributed by atoms with Gasteiger partial charge < -0.3 is 24.0 Å². The molecule has 0 saturated carbocycles. The van der Waals surface area contributed by atoms with Crippen molar-refractivity contribution in [2.45, 2.75) is 20.1 Å². The number of nitrogens with zero attached hydrogens (tertiary/aromatic N) is 6. The van der Waals surface area contributed by atoms with E-state index in [-0.39, 0.29) is 18.2 Å². The van der Waals surface area contributed by atoms with Gasteiger partial charge in [-0.2, -0.15) is 5.26 Å². The zero-order chi connectivity index (χ0) is 32.0. The summed E-state index contributed by atoms with van der Waals surface area (Å²) >= 11 is 0. The molecule has 2 atom stereocenters. The lowest BCUT2D eigenvalue weighted by Crippen LogP contribution is -2.24. The predicted octanol–water partition coefficient (Wildman–Crippen LogP) is 5.40. The molecular formula is C31H35N6O6P. The van der Waals surface area contributed by atoms with E-state index in [0.717, 1.165) is 11.1 Å². The van der Waals surface area contributed by atoms with Crippen LogP contribution in [0.4, 0.5) is 5.69 Å². The largest absolute Gasteiger partial charge is 0.497 e. The minimum absolute atomic E-state index is 0.00339. The van der Waals surface area contributed by atoms with E-state index in [1.807, 2.05) is 37.2 Å². The number of phosphoric ester groups is 1. The van der Waals surface area contributed by atoms with Gasteiger partial charge in [0.1, 0.15) is 29.4 Å². The molecule has 1 aromatic carbocycles. The molecule has 1 N–H and O–H groups in total. The summed E-state index contributed by atoms with van der Waals surface area (Å²) in [5, 5.41) is 10.1. The highest BCUT2D eigenvalue weighted by atomic mass is 31.2.